The molecule has 0 radical (unpaired) electrons. The lowest BCUT2D eigenvalue weighted by Gasteiger charge is -2.24. The fourth-order valence-electron chi connectivity index (χ4n) is 6.21. The third kappa shape index (κ3) is 5.93. The van der Waals surface area contributed by atoms with Gasteiger partial charge < -0.3 is 9.31 Å². The van der Waals surface area contributed by atoms with Gasteiger partial charge in [0, 0.05) is 10.9 Å². The van der Waals surface area contributed by atoms with E-state index in [1.165, 1.54) is 0 Å². The van der Waals surface area contributed by atoms with Gasteiger partial charge in [0.15, 0.2) is 105 Å². The number of hydrogen-bond acceptors (Lipinski definition) is 2. The van der Waals surface area contributed by atoms with Gasteiger partial charge in [0.05, 0.1) is 38.0 Å². The van der Waals surface area contributed by atoms with Crippen molar-refractivity contribution in [3.8, 4) is 22.6 Å². The number of rotatable bonds is 6. The number of hydrogen-bond donors (Lipinski definition) is 0. The number of fused-ring (bicyclic) bond motifs is 3. The van der Waals surface area contributed by atoms with Crippen LogP contribution in [0.2, 0.25) is 0 Å². The molecule has 316 valence electrons. The second-order valence-electron chi connectivity index (χ2n) is 12.2. The van der Waals surface area contributed by atoms with Crippen LogP contribution < -0.4 is 14.8 Å². The lowest BCUT2D eigenvalue weighted by molar-refractivity contribution is 0.378. The summed E-state index contributed by atoms with van der Waals surface area (Å²) in [5.41, 5.74) is -8.26. The molecule has 0 saturated heterocycles. The van der Waals surface area contributed by atoms with E-state index in [1.54, 1.807) is 0 Å². The molecule has 0 heterocycles. The van der Waals surface area contributed by atoms with Crippen LogP contribution in [0.25, 0.3) is 43.4 Å². The second kappa shape index (κ2) is 14.6. The van der Waals surface area contributed by atoms with E-state index in [2.05, 4.69) is 0 Å². The summed E-state index contributed by atoms with van der Waals surface area (Å²) < 4.78 is 339. The van der Waals surface area contributed by atoms with Gasteiger partial charge in [-0.25, -0.2) is 92.2 Å². The molecule has 0 aromatic heterocycles. The average Bonchev–Trinajstić information content (AvgIpc) is 3.22. The molecular weight excluding hydrogens is 893 g/mol. The van der Waals surface area contributed by atoms with E-state index in [0.717, 1.165) is 0 Å². The Hall–Kier alpha value is -6.56. The van der Waals surface area contributed by atoms with Crippen LogP contribution in [0.1, 0.15) is 0 Å². The predicted octanol–water partition coefficient (Wildman–Crippen LogP) is 11.7. The summed E-state index contributed by atoms with van der Waals surface area (Å²) in [7, 11) is -4.05. The van der Waals surface area contributed by atoms with Crippen LogP contribution in [0.4, 0.5) is 96.6 Å². The van der Waals surface area contributed by atoms with E-state index in [0.29, 0.717) is 0 Å². The van der Waals surface area contributed by atoms with Gasteiger partial charge in [-0.1, -0.05) is 0 Å². The van der Waals surface area contributed by atoms with Crippen molar-refractivity contribution in [2.75, 3.05) is 0 Å². The molecule has 0 spiro atoms. The Morgan fingerprint density at radius 1 is 0.295 bits per heavy atom. The second-order valence-corrected chi connectivity index (χ2v) is 12.2. The molecule has 2 nitrogen and oxygen atoms in total. The molecule has 61 heavy (non-hydrogen) atoms. The largest absolute Gasteiger partial charge is 0.636 e. The molecular formula is C36H3BF22O2. The highest BCUT2D eigenvalue weighted by molar-refractivity contribution is 6.65. The standard InChI is InChI=1S/C36H3BF22O2/c38-5-1-2-7(4-3-6(39)16(40)19(43)8(4)5)60-37(15-9(20(44)27(51)33(57)26(15)50)10-21(45)30(54)34(58)31(55)22(10)46)61-36-14-13(25(49)32(56)35(36)59)17(41)11-12(18(14)42)24(48)29(53)28(52)23(11)47/h1-3H. The average molecular weight is 896 g/mol. The van der Waals surface area contributed by atoms with Crippen LogP contribution in [0, 0.1) is 128 Å². The summed E-state index contributed by atoms with van der Waals surface area (Å²) in [4.78, 5) is 0. The molecule has 7 aromatic carbocycles. The molecule has 7 aromatic rings. The third-order valence-corrected chi connectivity index (χ3v) is 8.93. The fourth-order valence-corrected chi connectivity index (χ4v) is 6.21. The van der Waals surface area contributed by atoms with Crippen LogP contribution >= 0.6 is 0 Å². The van der Waals surface area contributed by atoms with E-state index in [-0.39, 0.29) is 18.2 Å². The summed E-state index contributed by atoms with van der Waals surface area (Å²) in [6, 6.07) is -0.0574. The maximum atomic E-state index is 16.2. The molecule has 0 aliphatic carbocycles. The minimum absolute atomic E-state index is 0.0298. The molecule has 7 rings (SSSR count). The molecule has 0 aliphatic rings. The van der Waals surface area contributed by atoms with Crippen molar-refractivity contribution in [2.24, 2.45) is 0 Å². The summed E-state index contributed by atoms with van der Waals surface area (Å²) in [5, 5.41) is -12.9. The van der Waals surface area contributed by atoms with Crippen LogP contribution in [0.3, 0.4) is 0 Å². The van der Waals surface area contributed by atoms with Gasteiger partial charge in [0.1, 0.15) is 23.2 Å². The topological polar surface area (TPSA) is 18.5 Å². The number of benzene rings is 7. The Morgan fingerprint density at radius 2 is 0.689 bits per heavy atom. The van der Waals surface area contributed by atoms with Crippen LogP contribution in [0.5, 0.6) is 11.5 Å². The smallest absolute Gasteiger partial charge is 0.521 e. The lowest BCUT2D eigenvalue weighted by Crippen LogP contribution is -2.47. The van der Waals surface area contributed by atoms with Gasteiger partial charge in [0.25, 0.3) is 0 Å². The Kier molecular flexibility index (Phi) is 10.2. The first-order valence-electron chi connectivity index (χ1n) is 15.6. The fraction of sp³-hybridized carbons (Fsp3) is 0. The zero-order valence-electron chi connectivity index (χ0n) is 27.9. The van der Waals surface area contributed by atoms with Gasteiger partial charge in [-0.2, -0.15) is 4.39 Å². The molecule has 0 aliphatic heterocycles. The maximum absolute atomic E-state index is 16.2. The van der Waals surface area contributed by atoms with Gasteiger partial charge in [-0.15, -0.1) is 0 Å². The Morgan fingerprint density at radius 3 is 1.21 bits per heavy atom. The monoisotopic (exact) mass is 896 g/mol. The van der Waals surface area contributed by atoms with E-state index in [4.69, 9.17) is 9.31 Å². The first-order chi connectivity index (χ1) is 28.5. The van der Waals surface area contributed by atoms with Crippen LogP contribution in [-0.2, 0) is 0 Å². The van der Waals surface area contributed by atoms with Crippen molar-refractivity contribution < 1.29 is 106 Å². The van der Waals surface area contributed by atoms with Crippen molar-refractivity contribution >= 4 is 44.9 Å². The molecule has 0 saturated carbocycles. The van der Waals surface area contributed by atoms with Crippen molar-refractivity contribution in [1.29, 1.82) is 0 Å². The molecule has 25 heteroatoms. The van der Waals surface area contributed by atoms with Gasteiger partial charge in [0.2, 0.25) is 11.6 Å². The normalized spacial score (nSPS) is 11.8. The molecule has 0 N–H and O–H groups in total. The van der Waals surface area contributed by atoms with Gasteiger partial charge in [-0.05, 0) is 18.2 Å². The highest BCUT2D eigenvalue weighted by Crippen LogP contribution is 2.44. The van der Waals surface area contributed by atoms with Crippen LogP contribution in [0.15, 0.2) is 18.2 Å². The molecule has 0 atom stereocenters. The van der Waals surface area contributed by atoms with E-state index in [9.17, 15) is 52.7 Å². The zero-order valence-corrected chi connectivity index (χ0v) is 27.9. The van der Waals surface area contributed by atoms with E-state index >= 15 is 43.9 Å². The number of halogens is 22. The SMILES string of the molecule is Fc1cc2c(OB(Oc3c(F)c(F)c(F)c4c(F)c5c(F)c(F)c(F)c(F)c5c(F)c34)c3c(F)c(F)c(F)c(F)c3-c3c(F)c(F)c(F)c(F)c3F)ccc(F)c2c(F)c1F. The zero-order chi connectivity index (χ0) is 45.2. The van der Waals surface area contributed by atoms with Crippen LogP contribution in [-0.4, -0.2) is 7.12 Å². The molecule has 0 fully saturated rings. The Labute approximate surface area is 319 Å². The van der Waals surface area contributed by atoms with Crippen molar-refractivity contribution in [3.63, 3.8) is 0 Å². The van der Waals surface area contributed by atoms with E-state index in [1.807, 2.05) is 0 Å². The molecule has 0 bridgehead atoms. The van der Waals surface area contributed by atoms with Crippen molar-refractivity contribution in [3.05, 3.63) is 146 Å². The first kappa shape index (κ1) is 42.6. The predicted molar refractivity (Wildman–Crippen MR) is 163 cm³/mol. The third-order valence-electron chi connectivity index (χ3n) is 8.93. The minimum atomic E-state index is -4.05. The first-order valence-corrected chi connectivity index (χ1v) is 15.6. The highest BCUT2D eigenvalue weighted by atomic mass is 19.2. The quantitative estimate of drug-likeness (QED) is 0.0544. The van der Waals surface area contributed by atoms with E-state index < -0.39 is 196 Å². The van der Waals surface area contributed by atoms with Gasteiger partial charge >= 0.3 is 7.12 Å². The van der Waals surface area contributed by atoms with Crippen molar-refractivity contribution in [1.82, 2.24) is 0 Å². The lowest BCUT2D eigenvalue weighted by atomic mass is 9.72. The summed E-state index contributed by atoms with van der Waals surface area (Å²) in [6.45, 7) is 0. The van der Waals surface area contributed by atoms with Gasteiger partial charge in [-0.3, -0.25) is 0 Å². The maximum Gasteiger partial charge on any atom is 0.636 e. The Bertz CT molecular complexity index is 3110. The molecule has 0 unspecified atom stereocenters. The Balaban J connectivity index is 1.67. The van der Waals surface area contributed by atoms with Crippen molar-refractivity contribution in [2.45, 2.75) is 0 Å². The highest BCUT2D eigenvalue weighted by Gasteiger charge is 2.44. The summed E-state index contributed by atoms with van der Waals surface area (Å²) in [5.74, 6) is -68.3. The minimum Gasteiger partial charge on any atom is -0.521 e. The molecule has 0 amide bonds. The summed E-state index contributed by atoms with van der Waals surface area (Å²) in [6.07, 6.45) is 0. The summed E-state index contributed by atoms with van der Waals surface area (Å²) >= 11 is 0.